The van der Waals surface area contributed by atoms with E-state index in [2.05, 4.69) is 0 Å². The van der Waals surface area contributed by atoms with E-state index < -0.39 is 6.67 Å². The Morgan fingerprint density at radius 3 is 2.79 bits per heavy atom. The molecule has 0 bridgehead atoms. The normalized spacial score (nSPS) is 10.1. The van der Waals surface area contributed by atoms with Gasteiger partial charge in [-0.05, 0) is 6.07 Å². The molecule has 0 saturated heterocycles. The Labute approximate surface area is 86.7 Å². The molecule has 0 unspecified atom stereocenters. The third-order valence-electron chi connectivity index (χ3n) is 1.71. The largest absolute Gasteiger partial charge is 0.324 e. The Morgan fingerprint density at radius 2 is 2.14 bits per heavy atom. The number of rotatable bonds is 5. The van der Waals surface area contributed by atoms with Gasteiger partial charge in [0.1, 0.15) is 0 Å². The highest BCUT2D eigenvalue weighted by molar-refractivity contribution is 7.99. The summed E-state index contributed by atoms with van der Waals surface area (Å²) in [5.41, 5.74) is 5.86. The highest BCUT2D eigenvalue weighted by Crippen LogP contribution is 2.22. The minimum atomic E-state index is -0.393. The smallest absolute Gasteiger partial charge is 0.177 e. The Balaban J connectivity index is 2.85. The molecule has 0 aliphatic carbocycles. The Bertz CT molecular complexity index is 317. The van der Waals surface area contributed by atoms with Crippen molar-refractivity contribution in [1.82, 2.24) is 0 Å². The first-order valence-electron chi connectivity index (χ1n) is 4.30. The van der Waals surface area contributed by atoms with Crippen molar-refractivity contribution in [3.8, 4) is 0 Å². The van der Waals surface area contributed by atoms with Crippen molar-refractivity contribution in [2.24, 2.45) is 5.73 Å². The maximum Gasteiger partial charge on any atom is 0.177 e. The number of nitrogens with two attached hydrogens (primary N) is 1. The van der Waals surface area contributed by atoms with Gasteiger partial charge in [0, 0.05) is 16.2 Å². The predicted molar refractivity (Wildman–Crippen MR) is 56.5 cm³/mol. The second-order valence-corrected chi connectivity index (χ2v) is 3.80. The highest BCUT2D eigenvalue weighted by atomic mass is 32.2. The standard InChI is InChI=1S/C10H12FNOS/c11-5-6-14-10-4-2-1-3-8(10)9(13)7-12/h1-4H,5-7,12H2. The molecule has 2 N–H and O–H groups in total. The fraction of sp³-hybridized carbons (Fsp3) is 0.300. The van der Waals surface area contributed by atoms with E-state index in [4.69, 9.17) is 5.73 Å². The van der Waals surface area contributed by atoms with Crippen LogP contribution in [-0.4, -0.2) is 24.8 Å². The van der Waals surface area contributed by atoms with Gasteiger partial charge in [-0.3, -0.25) is 9.18 Å². The van der Waals surface area contributed by atoms with Gasteiger partial charge in [0.2, 0.25) is 0 Å². The zero-order chi connectivity index (χ0) is 10.4. The first-order chi connectivity index (χ1) is 6.79. The second kappa shape index (κ2) is 5.78. The quantitative estimate of drug-likeness (QED) is 0.600. The van der Waals surface area contributed by atoms with E-state index in [-0.39, 0.29) is 12.3 Å². The van der Waals surface area contributed by atoms with Crippen LogP contribution < -0.4 is 5.73 Å². The minimum absolute atomic E-state index is 0.00675. The molecular weight excluding hydrogens is 201 g/mol. The van der Waals surface area contributed by atoms with Gasteiger partial charge < -0.3 is 5.73 Å². The first kappa shape index (κ1) is 11.2. The van der Waals surface area contributed by atoms with Crippen LogP contribution in [0.25, 0.3) is 0 Å². The van der Waals surface area contributed by atoms with Crippen LogP contribution >= 0.6 is 11.8 Å². The van der Waals surface area contributed by atoms with Gasteiger partial charge >= 0.3 is 0 Å². The van der Waals surface area contributed by atoms with Gasteiger partial charge in [0.05, 0.1) is 13.2 Å². The van der Waals surface area contributed by atoms with E-state index in [1.807, 2.05) is 12.1 Å². The van der Waals surface area contributed by atoms with E-state index >= 15 is 0 Å². The van der Waals surface area contributed by atoms with E-state index in [1.165, 1.54) is 11.8 Å². The summed E-state index contributed by atoms with van der Waals surface area (Å²) in [7, 11) is 0. The zero-order valence-corrected chi connectivity index (χ0v) is 8.52. The molecule has 0 atom stereocenters. The number of thioether (sulfide) groups is 1. The molecule has 0 fully saturated rings. The van der Waals surface area contributed by atoms with Gasteiger partial charge in [0.15, 0.2) is 5.78 Å². The van der Waals surface area contributed by atoms with Crippen molar-refractivity contribution < 1.29 is 9.18 Å². The van der Waals surface area contributed by atoms with E-state index in [9.17, 15) is 9.18 Å². The molecule has 0 aliphatic heterocycles. The van der Waals surface area contributed by atoms with Gasteiger partial charge in [-0.15, -0.1) is 11.8 Å². The number of carbonyl (C=O) groups is 1. The summed E-state index contributed by atoms with van der Waals surface area (Å²) in [5, 5.41) is 0. The third kappa shape index (κ3) is 2.82. The highest BCUT2D eigenvalue weighted by Gasteiger charge is 2.08. The van der Waals surface area contributed by atoms with Crippen molar-refractivity contribution in [1.29, 1.82) is 0 Å². The van der Waals surface area contributed by atoms with Crippen LogP contribution in [-0.2, 0) is 0 Å². The number of alkyl halides is 1. The molecule has 76 valence electrons. The van der Waals surface area contributed by atoms with Crippen molar-refractivity contribution in [2.75, 3.05) is 19.0 Å². The molecule has 2 nitrogen and oxygen atoms in total. The number of benzene rings is 1. The van der Waals surface area contributed by atoms with Crippen molar-refractivity contribution in [3.05, 3.63) is 29.8 Å². The van der Waals surface area contributed by atoms with E-state index in [0.717, 1.165) is 4.90 Å². The Morgan fingerprint density at radius 1 is 1.43 bits per heavy atom. The predicted octanol–water partition coefficient (Wildman–Crippen LogP) is 1.89. The monoisotopic (exact) mass is 213 g/mol. The average Bonchev–Trinajstić information content (AvgIpc) is 2.25. The molecule has 0 heterocycles. The van der Waals surface area contributed by atoms with E-state index in [1.54, 1.807) is 12.1 Å². The summed E-state index contributed by atoms with van der Waals surface area (Å²) in [6.07, 6.45) is 0. The van der Waals surface area contributed by atoms with Crippen molar-refractivity contribution in [2.45, 2.75) is 4.90 Å². The van der Waals surface area contributed by atoms with Gasteiger partial charge in [0.25, 0.3) is 0 Å². The summed E-state index contributed by atoms with van der Waals surface area (Å²) in [6.45, 7) is -0.400. The fourth-order valence-corrected chi connectivity index (χ4v) is 1.89. The molecule has 0 radical (unpaired) electrons. The molecule has 1 rings (SSSR count). The van der Waals surface area contributed by atoms with E-state index in [0.29, 0.717) is 11.3 Å². The topological polar surface area (TPSA) is 43.1 Å². The number of carbonyl (C=O) groups excluding carboxylic acids is 1. The average molecular weight is 213 g/mol. The molecular formula is C10H12FNOS. The molecule has 0 saturated carbocycles. The lowest BCUT2D eigenvalue weighted by Gasteiger charge is -2.05. The Hall–Kier alpha value is -0.870. The number of hydrogen-bond acceptors (Lipinski definition) is 3. The van der Waals surface area contributed by atoms with Gasteiger partial charge in [-0.1, -0.05) is 18.2 Å². The third-order valence-corrected chi connectivity index (χ3v) is 2.73. The minimum Gasteiger partial charge on any atom is -0.324 e. The zero-order valence-electron chi connectivity index (χ0n) is 7.70. The van der Waals surface area contributed by atoms with Crippen LogP contribution in [0.5, 0.6) is 0 Å². The second-order valence-electron chi connectivity index (χ2n) is 2.66. The molecule has 0 aromatic heterocycles. The van der Waals surface area contributed by atoms with Crippen molar-refractivity contribution >= 4 is 17.5 Å². The molecule has 4 heteroatoms. The van der Waals surface area contributed by atoms with Crippen molar-refractivity contribution in [3.63, 3.8) is 0 Å². The summed E-state index contributed by atoms with van der Waals surface area (Å²) in [6, 6.07) is 7.13. The van der Waals surface area contributed by atoms with Crippen LogP contribution in [0.1, 0.15) is 10.4 Å². The fourth-order valence-electron chi connectivity index (χ4n) is 1.08. The van der Waals surface area contributed by atoms with Gasteiger partial charge in [-0.2, -0.15) is 0 Å². The molecule has 1 aromatic carbocycles. The summed E-state index contributed by atoms with van der Waals surface area (Å²) >= 11 is 1.34. The number of ketones is 1. The van der Waals surface area contributed by atoms with Crippen LogP contribution in [0, 0.1) is 0 Å². The Kier molecular flexibility index (Phi) is 4.62. The summed E-state index contributed by atoms with van der Waals surface area (Å²) in [4.78, 5) is 12.2. The van der Waals surface area contributed by atoms with Crippen LogP contribution in [0.15, 0.2) is 29.2 Å². The van der Waals surface area contributed by atoms with Crippen LogP contribution in [0.2, 0.25) is 0 Å². The number of hydrogen-bond donors (Lipinski definition) is 1. The number of halogens is 1. The van der Waals surface area contributed by atoms with Gasteiger partial charge in [-0.25, -0.2) is 0 Å². The summed E-state index contributed by atoms with van der Waals surface area (Å²) in [5.74, 6) is 0.265. The first-order valence-corrected chi connectivity index (χ1v) is 5.29. The molecule has 0 amide bonds. The van der Waals surface area contributed by atoms with Crippen LogP contribution in [0.3, 0.4) is 0 Å². The SMILES string of the molecule is NCC(=O)c1ccccc1SCCF. The lowest BCUT2D eigenvalue weighted by Crippen LogP contribution is -2.14. The summed E-state index contributed by atoms with van der Waals surface area (Å²) < 4.78 is 12.0. The van der Waals surface area contributed by atoms with Crippen LogP contribution in [0.4, 0.5) is 4.39 Å². The maximum atomic E-state index is 12.0. The molecule has 1 aromatic rings. The lowest BCUT2D eigenvalue weighted by molar-refractivity contribution is 0.0998. The number of Topliss-reactive ketones (excluding diaryl/α,β-unsaturated/α-hetero) is 1. The maximum absolute atomic E-state index is 12.0. The molecule has 0 aliphatic rings. The molecule has 14 heavy (non-hydrogen) atoms. The molecule has 0 spiro atoms. The lowest BCUT2D eigenvalue weighted by atomic mass is 10.1.